The van der Waals surface area contributed by atoms with Crippen LogP contribution in [0.3, 0.4) is 0 Å². The van der Waals surface area contributed by atoms with Crippen molar-refractivity contribution < 1.29 is 23.5 Å². The highest BCUT2D eigenvalue weighted by atomic mass is 19.1. The molecule has 31 heavy (non-hydrogen) atoms. The number of para-hydroxylation sites is 1. The number of aromatic nitrogens is 2. The van der Waals surface area contributed by atoms with E-state index in [-0.39, 0.29) is 23.6 Å². The highest BCUT2D eigenvalue weighted by Gasteiger charge is 2.22. The van der Waals surface area contributed by atoms with Crippen LogP contribution < -0.4 is 4.74 Å². The van der Waals surface area contributed by atoms with E-state index in [0.717, 1.165) is 5.56 Å². The predicted octanol–water partition coefficient (Wildman–Crippen LogP) is 4.56. The fraction of sp³-hybridized carbons (Fsp3) is 0.125. The monoisotopic (exact) mass is 418 g/mol. The first kappa shape index (κ1) is 20.3. The number of methoxy groups -OCH3 is 1. The van der Waals surface area contributed by atoms with E-state index in [4.69, 9.17) is 9.47 Å². The lowest BCUT2D eigenvalue weighted by molar-refractivity contribution is 0.0529. The topological polar surface area (TPSA) is 69.9 Å². The molecule has 0 radical (unpaired) electrons. The summed E-state index contributed by atoms with van der Waals surface area (Å²) < 4.78 is 25.4. The Labute approximate surface area is 177 Å². The van der Waals surface area contributed by atoms with Crippen LogP contribution >= 0.6 is 0 Å². The minimum absolute atomic E-state index is 0.196. The summed E-state index contributed by atoms with van der Waals surface area (Å²) in [4.78, 5) is 30.2. The van der Waals surface area contributed by atoms with E-state index in [2.05, 4.69) is 4.98 Å². The van der Waals surface area contributed by atoms with E-state index >= 15 is 0 Å². The first-order valence-electron chi connectivity index (χ1n) is 9.65. The lowest BCUT2D eigenvalue weighted by atomic mass is 10.1. The number of carbonyl (C=O) groups excluding carboxylic acids is 2. The standard InChI is InChI=1S/C24H19FN2O4/c1-3-31-24(29)18-12-21(23(28)15-8-10-16(25)11-9-15)27-14-26-19(13-20(18)27)17-6-4-5-7-22(17)30-2/h4-14H,3H2,1-2H3. The van der Waals surface area contributed by atoms with Crippen molar-refractivity contribution >= 4 is 17.3 Å². The van der Waals surface area contributed by atoms with Crippen LogP contribution in [0, 0.1) is 5.82 Å². The zero-order valence-electron chi connectivity index (χ0n) is 17.0. The zero-order chi connectivity index (χ0) is 22.0. The molecule has 4 aromatic rings. The first-order chi connectivity index (χ1) is 15.0. The van der Waals surface area contributed by atoms with Gasteiger partial charge in [0.25, 0.3) is 0 Å². The summed E-state index contributed by atoms with van der Waals surface area (Å²) in [5.74, 6) is -0.717. The van der Waals surface area contributed by atoms with Crippen molar-refractivity contribution in [3.63, 3.8) is 0 Å². The third-order valence-corrected chi connectivity index (χ3v) is 4.88. The molecule has 0 bridgehead atoms. The van der Waals surface area contributed by atoms with Crippen molar-refractivity contribution in [3.05, 3.63) is 89.6 Å². The van der Waals surface area contributed by atoms with Crippen LogP contribution in [0.1, 0.15) is 33.3 Å². The molecule has 0 atom stereocenters. The molecule has 0 aliphatic carbocycles. The first-order valence-corrected chi connectivity index (χ1v) is 9.65. The molecule has 4 rings (SSSR count). The molecular weight excluding hydrogens is 399 g/mol. The number of hydrogen-bond donors (Lipinski definition) is 0. The second-order valence-electron chi connectivity index (χ2n) is 6.73. The SMILES string of the molecule is CCOC(=O)c1cc(C(=O)c2ccc(F)cc2)n2cnc(-c3ccccc3OC)cc12. The normalized spacial score (nSPS) is 10.8. The Balaban J connectivity index is 1.89. The summed E-state index contributed by atoms with van der Waals surface area (Å²) in [6, 6.07) is 15.8. The van der Waals surface area contributed by atoms with Gasteiger partial charge in [0.05, 0.1) is 36.2 Å². The third kappa shape index (κ3) is 3.77. The van der Waals surface area contributed by atoms with Gasteiger partial charge in [0.2, 0.25) is 5.78 Å². The number of rotatable bonds is 6. The molecule has 0 fully saturated rings. The molecule has 0 amide bonds. The molecule has 6 nitrogen and oxygen atoms in total. The molecule has 156 valence electrons. The van der Waals surface area contributed by atoms with Crippen molar-refractivity contribution in [1.29, 1.82) is 0 Å². The zero-order valence-corrected chi connectivity index (χ0v) is 17.0. The van der Waals surface area contributed by atoms with Gasteiger partial charge in [-0.1, -0.05) is 12.1 Å². The molecule has 2 aromatic carbocycles. The number of benzene rings is 2. The molecule has 0 saturated carbocycles. The maximum absolute atomic E-state index is 13.3. The van der Waals surface area contributed by atoms with Crippen molar-refractivity contribution in [2.75, 3.05) is 13.7 Å². The lowest BCUT2D eigenvalue weighted by Gasteiger charge is -2.09. The van der Waals surface area contributed by atoms with E-state index < -0.39 is 11.8 Å². The summed E-state index contributed by atoms with van der Waals surface area (Å²) in [5, 5.41) is 0. The Morgan fingerprint density at radius 2 is 1.81 bits per heavy atom. The van der Waals surface area contributed by atoms with Crippen LogP contribution in [0.25, 0.3) is 16.8 Å². The molecule has 0 N–H and O–H groups in total. The molecule has 7 heteroatoms. The molecule has 0 saturated heterocycles. The Hall–Kier alpha value is -4.00. The van der Waals surface area contributed by atoms with Crippen LogP contribution in [0.4, 0.5) is 4.39 Å². The van der Waals surface area contributed by atoms with Crippen LogP contribution in [-0.4, -0.2) is 34.9 Å². The number of ketones is 1. The number of fused-ring (bicyclic) bond motifs is 1. The average molecular weight is 418 g/mol. The third-order valence-electron chi connectivity index (χ3n) is 4.88. The summed E-state index contributed by atoms with van der Waals surface area (Å²) >= 11 is 0. The highest BCUT2D eigenvalue weighted by molar-refractivity contribution is 6.11. The van der Waals surface area contributed by atoms with Crippen molar-refractivity contribution in [1.82, 2.24) is 9.38 Å². The van der Waals surface area contributed by atoms with Gasteiger partial charge in [-0.25, -0.2) is 14.2 Å². The van der Waals surface area contributed by atoms with Gasteiger partial charge in [-0.3, -0.25) is 9.20 Å². The molecule has 2 aromatic heterocycles. The fourth-order valence-electron chi connectivity index (χ4n) is 3.40. The van der Waals surface area contributed by atoms with E-state index in [9.17, 15) is 14.0 Å². The number of ether oxygens (including phenoxy) is 2. The van der Waals surface area contributed by atoms with Crippen molar-refractivity contribution in [3.8, 4) is 17.0 Å². The van der Waals surface area contributed by atoms with E-state index in [0.29, 0.717) is 22.5 Å². The Morgan fingerprint density at radius 1 is 1.06 bits per heavy atom. The minimum Gasteiger partial charge on any atom is -0.496 e. The molecule has 0 unspecified atom stereocenters. The summed E-state index contributed by atoms with van der Waals surface area (Å²) in [6.07, 6.45) is 1.48. The number of halogens is 1. The highest BCUT2D eigenvalue weighted by Crippen LogP contribution is 2.30. The van der Waals surface area contributed by atoms with Gasteiger partial charge in [-0.15, -0.1) is 0 Å². The molecule has 0 aliphatic heterocycles. The van der Waals surface area contributed by atoms with Gasteiger partial charge in [-0.2, -0.15) is 0 Å². The summed E-state index contributed by atoms with van der Waals surface area (Å²) in [5.41, 5.74) is 2.56. The van der Waals surface area contributed by atoms with Crippen molar-refractivity contribution in [2.45, 2.75) is 6.92 Å². The maximum Gasteiger partial charge on any atom is 0.340 e. The number of nitrogens with zero attached hydrogens (tertiary/aromatic N) is 2. The van der Waals surface area contributed by atoms with E-state index in [1.165, 1.54) is 41.1 Å². The minimum atomic E-state index is -0.546. The van der Waals surface area contributed by atoms with Crippen molar-refractivity contribution in [2.24, 2.45) is 0 Å². The Kier molecular flexibility index (Phi) is 5.49. The maximum atomic E-state index is 13.3. The van der Waals surface area contributed by atoms with Crippen LogP contribution in [0.5, 0.6) is 5.75 Å². The summed E-state index contributed by atoms with van der Waals surface area (Å²) in [7, 11) is 1.57. The quantitative estimate of drug-likeness (QED) is 0.339. The van der Waals surface area contributed by atoms with Crippen LogP contribution in [0.15, 0.2) is 67.0 Å². The number of carbonyl (C=O) groups is 2. The fourth-order valence-corrected chi connectivity index (χ4v) is 3.40. The van der Waals surface area contributed by atoms with E-state index in [1.54, 1.807) is 20.1 Å². The molecule has 2 heterocycles. The molecular formula is C24H19FN2O4. The average Bonchev–Trinajstić information content (AvgIpc) is 3.18. The summed E-state index contributed by atoms with van der Waals surface area (Å²) in [6.45, 7) is 1.91. The Bertz CT molecular complexity index is 1280. The van der Waals surface area contributed by atoms with Crippen LogP contribution in [0.2, 0.25) is 0 Å². The van der Waals surface area contributed by atoms with Gasteiger partial charge in [-0.05, 0) is 55.5 Å². The molecule has 0 aliphatic rings. The second kappa shape index (κ2) is 8.39. The van der Waals surface area contributed by atoms with Gasteiger partial charge in [0.15, 0.2) is 0 Å². The van der Waals surface area contributed by atoms with Gasteiger partial charge < -0.3 is 9.47 Å². The smallest absolute Gasteiger partial charge is 0.340 e. The predicted molar refractivity (Wildman–Crippen MR) is 113 cm³/mol. The molecule has 0 spiro atoms. The Morgan fingerprint density at radius 3 is 2.52 bits per heavy atom. The number of esters is 1. The second-order valence-corrected chi connectivity index (χ2v) is 6.73. The lowest BCUT2D eigenvalue weighted by Crippen LogP contribution is -2.06. The van der Waals surface area contributed by atoms with Gasteiger partial charge in [0.1, 0.15) is 17.9 Å². The largest absolute Gasteiger partial charge is 0.496 e. The van der Waals surface area contributed by atoms with Gasteiger partial charge >= 0.3 is 5.97 Å². The van der Waals surface area contributed by atoms with E-state index in [1.807, 2.05) is 24.3 Å². The number of hydrogen-bond acceptors (Lipinski definition) is 5. The van der Waals surface area contributed by atoms with Gasteiger partial charge in [0, 0.05) is 11.1 Å². The van der Waals surface area contributed by atoms with Crippen LogP contribution in [-0.2, 0) is 4.74 Å².